The Labute approximate surface area is 124 Å². The summed E-state index contributed by atoms with van der Waals surface area (Å²) < 4.78 is 5.34. The molecular weight excluding hydrogens is 274 g/mol. The van der Waals surface area contributed by atoms with Crippen LogP contribution in [0.3, 0.4) is 0 Å². The Morgan fingerprint density at radius 1 is 1.20 bits per heavy atom. The van der Waals surface area contributed by atoms with Crippen molar-refractivity contribution in [3.05, 3.63) is 46.6 Å². The number of ether oxygens (including phenoxy) is 1. The maximum absolute atomic E-state index is 10.1. The number of pyridine rings is 1. The molecule has 0 fully saturated rings. The molecule has 106 valence electrons. The van der Waals surface area contributed by atoms with Gasteiger partial charge in [-0.3, -0.25) is 4.98 Å². The number of rotatable bonds is 3. The second kappa shape index (κ2) is 5.43. The Bertz CT molecular complexity index is 633. The van der Waals surface area contributed by atoms with Gasteiger partial charge in [-0.15, -0.1) is 0 Å². The second-order valence-corrected chi connectivity index (χ2v) is 5.67. The molecule has 0 bridgehead atoms. The molecule has 0 spiro atoms. The zero-order valence-electron chi connectivity index (χ0n) is 12.1. The quantitative estimate of drug-likeness (QED) is 0.931. The fourth-order valence-corrected chi connectivity index (χ4v) is 2.41. The van der Waals surface area contributed by atoms with E-state index in [1.54, 1.807) is 27.0 Å². The van der Waals surface area contributed by atoms with E-state index in [0.717, 1.165) is 28.3 Å². The van der Waals surface area contributed by atoms with Gasteiger partial charge >= 0.3 is 0 Å². The number of halogens is 1. The number of aliphatic hydroxyl groups is 1. The average Bonchev–Trinajstić information content (AvgIpc) is 2.37. The van der Waals surface area contributed by atoms with Crippen LogP contribution in [0.1, 0.15) is 25.1 Å². The highest BCUT2D eigenvalue weighted by atomic mass is 35.5. The van der Waals surface area contributed by atoms with Gasteiger partial charge in [-0.25, -0.2) is 0 Å². The topological polar surface area (TPSA) is 42.4 Å². The van der Waals surface area contributed by atoms with Crippen molar-refractivity contribution in [1.82, 2.24) is 4.98 Å². The number of aryl methyl sites for hydroxylation is 1. The smallest absolute Gasteiger partial charge is 0.128 e. The van der Waals surface area contributed by atoms with Gasteiger partial charge in [0.25, 0.3) is 0 Å². The van der Waals surface area contributed by atoms with Crippen LogP contribution in [0.25, 0.3) is 11.3 Å². The van der Waals surface area contributed by atoms with E-state index in [1.165, 1.54) is 0 Å². The van der Waals surface area contributed by atoms with Crippen LogP contribution in [0, 0.1) is 6.92 Å². The lowest BCUT2D eigenvalue weighted by molar-refractivity contribution is 0.0775. The van der Waals surface area contributed by atoms with Crippen LogP contribution in [0.15, 0.2) is 30.3 Å². The molecule has 1 heterocycles. The van der Waals surface area contributed by atoms with E-state index < -0.39 is 5.60 Å². The summed E-state index contributed by atoms with van der Waals surface area (Å²) in [7, 11) is 1.62. The van der Waals surface area contributed by atoms with Crippen molar-refractivity contribution in [2.45, 2.75) is 26.4 Å². The molecule has 0 unspecified atom stereocenters. The van der Waals surface area contributed by atoms with Gasteiger partial charge < -0.3 is 9.84 Å². The Morgan fingerprint density at radius 2 is 1.90 bits per heavy atom. The Balaban J connectivity index is 2.55. The Kier molecular flexibility index (Phi) is 4.02. The summed E-state index contributed by atoms with van der Waals surface area (Å²) in [5.41, 5.74) is 2.30. The number of benzene rings is 1. The molecule has 3 nitrogen and oxygen atoms in total. The summed E-state index contributed by atoms with van der Waals surface area (Å²) in [6, 6.07) is 9.18. The second-order valence-electron chi connectivity index (χ2n) is 5.23. The van der Waals surface area contributed by atoms with Crippen LogP contribution < -0.4 is 4.74 Å². The van der Waals surface area contributed by atoms with Gasteiger partial charge in [-0.2, -0.15) is 0 Å². The zero-order valence-corrected chi connectivity index (χ0v) is 12.8. The van der Waals surface area contributed by atoms with Crippen molar-refractivity contribution in [3.8, 4) is 17.0 Å². The molecule has 0 aliphatic carbocycles. The predicted octanol–water partition coefficient (Wildman–Crippen LogP) is 3.95. The standard InChI is InChI=1S/C16H18ClNO2/c1-10-13(16(2,3)19)6-7-14(18-10)12-9-11(17)5-8-15(12)20-4/h5-9,19H,1-4H3. The van der Waals surface area contributed by atoms with Gasteiger partial charge in [0.15, 0.2) is 0 Å². The molecule has 1 aromatic heterocycles. The molecule has 0 atom stereocenters. The molecule has 4 heteroatoms. The van der Waals surface area contributed by atoms with Crippen molar-refractivity contribution in [1.29, 1.82) is 0 Å². The lowest BCUT2D eigenvalue weighted by Gasteiger charge is -2.20. The summed E-state index contributed by atoms with van der Waals surface area (Å²) >= 11 is 6.04. The molecule has 0 amide bonds. The first-order valence-corrected chi connectivity index (χ1v) is 6.75. The molecule has 0 saturated heterocycles. The zero-order chi connectivity index (χ0) is 14.9. The van der Waals surface area contributed by atoms with E-state index in [4.69, 9.17) is 16.3 Å². The number of methoxy groups -OCH3 is 1. The molecule has 2 aromatic rings. The summed E-state index contributed by atoms with van der Waals surface area (Å²) in [5.74, 6) is 0.720. The minimum atomic E-state index is -0.909. The molecule has 0 radical (unpaired) electrons. The highest BCUT2D eigenvalue weighted by molar-refractivity contribution is 6.30. The number of nitrogens with zero attached hydrogens (tertiary/aromatic N) is 1. The van der Waals surface area contributed by atoms with Crippen LogP contribution in [0.4, 0.5) is 0 Å². The third kappa shape index (κ3) is 2.94. The van der Waals surface area contributed by atoms with Gasteiger partial charge in [-0.05, 0) is 45.0 Å². The minimum absolute atomic E-state index is 0.631. The van der Waals surface area contributed by atoms with Gasteiger partial charge in [0.1, 0.15) is 5.75 Å². The van der Waals surface area contributed by atoms with E-state index >= 15 is 0 Å². The molecule has 2 rings (SSSR count). The van der Waals surface area contributed by atoms with Gasteiger partial charge in [0.2, 0.25) is 0 Å². The molecule has 0 saturated carbocycles. The Morgan fingerprint density at radius 3 is 2.45 bits per heavy atom. The fraction of sp³-hybridized carbons (Fsp3) is 0.312. The molecular formula is C16H18ClNO2. The summed E-state index contributed by atoms with van der Waals surface area (Å²) in [6.45, 7) is 5.38. The lowest BCUT2D eigenvalue weighted by atomic mass is 9.96. The molecule has 0 aliphatic heterocycles. The number of hydrogen-bond donors (Lipinski definition) is 1. The number of hydrogen-bond acceptors (Lipinski definition) is 3. The van der Waals surface area contributed by atoms with Crippen molar-refractivity contribution < 1.29 is 9.84 Å². The highest BCUT2D eigenvalue weighted by Gasteiger charge is 2.20. The molecule has 20 heavy (non-hydrogen) atoms. The predicted molar refractivity (Wildman–Crippen MR) is 81.2 cm³/mol. The van der Waals surface area contributed by atoms with E-state index in [9.17, 15) is 5.11 Å². The highest BCUT2D eigenvalue weighted by Crippen LogP contribution is 2.33. The fourth-order valence-electron chi connectivity index (χ4n) is 2.24. The van der Waals surface area contributed by atoms with Crippen LogP contribution in [-0.4, -0.2) is 17.2 Å². The minimum Gasteiger partial charge on any atom is -0.496 e. The summed E-state index contributed by atoms with van der Waals surface area (Å²) in [4.78, 5) is 4.56. The molecule has 1 N–H and O–H groups in total. The van der Waals surface area contributed by atoms with E-state index in [1.807, 2.05) is 31.2 Å². The first-order chi connectivity index (χ1) is 9.32. The van der Waals surface area contributed by atoms with Crippen molar-refractivity contribution in [2.24, 2.45) is 0 Å². The van der Waals surface area contributed by atoms with Crippen molar-refractivity contribution in [2.75, 3.05) is 7.11 Å². The van der Waals surface area contributed by atoms with Crippen LogP contribution >= 0.6 is 11.6 Å². The van der Waals surface area contributed by atoms with E-state index in [-0.39, 0.29) is 0 Å². The van der Waals surface area contributed by atoms with Gasteiger partial charge in [0.05, 0.1) is 18.4 Å². The first kappa shape index (κ1) is 14.8. The van der Waals surface area contributed by atoms with Crippen LogP contribution in [0.5, 0.6) is 5.75 Å². The summed E-state index contributed by atoms with van der Waals surface area (Å²) in [5, 5.41) is 10.7. The third-order valence-electron chi connectivity index (χ3n) is 3.18. The maximum atomic E-state index is 10.1. The first-order valence-electron chi connectivity index (χ1n) is 6.37. The normalized spacial score (nSPS) is 11.5. The van der Waals surface area contributed by atoms with Crippen molar-refractivity contribution in [3.63, 3.8) is 0 Å². The van der Waals surface area contributed by atoms with Gasteiger partial charge in [-0.1, -0.05) is 17.7 Å². The van der Waals surface area contributed by atoms with Crippen LogP contribution in [-0.2, 0) is 5.60 Å². The molecule has 1 aromatic carbocycles. The number of aromatic nitrogens is 1. The Hall–Kier alpha value is -1.58. The largest absolute Gasteiger partial charge is 0.496 e. The monoisotopic (exact) mass is 291 g/mol. The summed E-state index contributed by atoms with van der Waals surface area (Å²) in [6.07, 6.45) is 0. The SMILES string of the molecule is COc1ccc(Cl)cc1-c1ccc(C(C)(C)O)c(C)n1. The van der Waals surface area contributed by atoms with Crippen LogP contribution in [0.2, 0.25) is 5.02 Å². The third-order valence-corrected chi connectivity index (χ3v) is 3.42. The van der Waals surface area contributed by atoms with E-state index in [0.29, 0.717) is 5.02 Å². The van der Waals surface area contributed by atoms with Crippen molar-refractivity contribution >= 4 is 11.6 Å². The van der Waals surface area contributed by atoms with Gasteiger partial charge in [0, 0.05) is 21.8 Å². The van der Waals surface area contributed by atoms with E-state index in [2.05, 4.69) is 4.98 Å². The molecule has 0 aliphatic rings. The lowest BCUT2D eigenvalue weighted by Crippen LogP contribution is -2.17. The maximum Gasteiger partial charge on any atom is 0.128 e. The average molecular weight is 292 g/mol.